The molecule has 0 aliphatic carbocycles. The van der Waals surface area contributed by atoms with Crippen LogP contribution in [0.3, 0.4) is 0 Å². The highest BCUT2D eigenvalue weighted by Gasteiger charge is 2.30. The van der Waals surface area contributed by atoms with Gasteiger partial charge in [-0.05, 0) is 39.3 Å². The molecule has 5 heteroatoms. The summed E-state index contributed by atoms with van der Waals surface area (Å²) in [7, 11) is 0. The Morgan fingerprint density at radius 1 is 1.24 bits per heavy atom. The molecule has 114 valence electrons. The fraction of sp³-hybridized carbons (Fsp3) is 0.500. The molecule has 0 fully saturated rings. The van der Waals surface area contributed by atoms with Crippen LogP contribution in [-0.2, 0) is 16.1 Å². The van der Waals surface area contributed by atoms with Crippen LogP contribution in [0.4, 0.5) is 10.5 Å². The van der Waals surface area contributed by atoms with Gasteiger partial charge in [0.1, 0.15) is 12.1 Å². The Hall–Kier alpha value is -2.04. The van der Waals surface area contributed by atoms with Gasteiger partial charge in [0.25, 0.3) is 0 Å². The van der Waals surface area contributed by atoms with Gasteiger partial charge >= 0.3 is 6.09 Å². The number of rotatable bonds is 1. The summed E-state index contributed by atoms with van der Waals surface area (Å²) in [6.45, 7) is 8.38. The zero-order valence-corrected chi connectivity index (χ0v) is 13.0. The Morgan fingerprint density at radius 2 is 1.90 bits per heavy atom. The number of benzene rings is 1. The predicted molar refractivity (Wildman–Crippen MR) is 81.1 cm³/mol. The van der Waals surface area contributed by atoms with E-state index in [1.54, 1.807) is 4.90 Å². The molecule has 21 heavy (non-hydrogen) atoms. The first-order chi connectivity index (χ1) is 9.81. The van der Waals surface area contributed by atoms with Crippen LogP contribution < -0.4 is 4.90 Å². The van der Waals surface area contributed by atoms with Gasteiger partial charge < -0.3 is 9.64 Å². The lowest BCUT2D eigenvalue weighted by molar-refractivity contribution is -0.119. The molecule has 1 aliphatic heterocycles. The molecule has 2 rings (SSSR count). The Labute approximate surface area is 125 Å². The highest BCUT2D eigenvalue weighted by atomic mass is 16.6. The topological polar surface area (TPSA) is 49.9 Å². The maximum atomic E-state index is 12.4. The van der Waals surface area contributed by atoms with Crippen molar-refractivity contribution in [3.05, 3.63) is 29.8 Å². The number of para-hydroxylation sites is 1. The van der Waals surface area contributed by atoms with Crippen LogP contribution >= 0.6 is 0 Å². The SMILES string of the molecule is CCN1C(=O)CN(C(=O)OC(C)(C)C)Cc2ccccc21. The van der Waals surface area contributed by atoms with Crippen molar-refractivity contribution in [3.8, 4) is 0 Å². The smallest absolute Gasteiger partial charge is 0.411 e. The van der Waals surface area contributed by atoms with Crippen molar-refractivity contribution < 1.29 is 14.3 Å². The lowest BCUT2D eigenvalue weighted by Crippen LogP contribution is -2.42. The van der Waals surface area contributed by atoms with Crippen LogP contribution in [0, 0.1) is 0 Å². The molecule has 0 spiro atoms. The maximum Gasteiger partial charge on any atom is 0.411 e. The minimum atomic E-state index is -0.573. The largest absolute Gasteiger partial charge is 0.444 e. The van der Waals surface area contributed by atoms with E-state index in [4.69, 9.17) is 4.74 Å². The lowest BCUT2D eigenvalue weighted by Gasteiger charge is -2.26. The molecule has 1 heterocycles. The quantitative estimate of drug-likeness (QED) is 0.799. The summed E-state index contributed by atoms with van der Waals surface area (Å²) in [5.74, 6) is -0.0895. The number of likely N-dealkylation sites (N-methyl/N-ethyl adjacent to an activating group) is 1. The number of hydrogen-bond acceptors (Lipinski definition) is 3. The van der Waals surface area contributed by atoms with Gasteiger partial charge in [-0.25, -0.2) is 4.79 Å². The van der Waals surface area contributed by atoms with E-state index < -0.39 is 11.7 Å². The Kier molecular flexibility index (Phi) is 4.21. The van der Waals surface area contributed by atoms with E-state index in [0.717, 1.165) is 11.3 Å². The third kappa shape index (κ3) is 3.54. The van der Waals surface area contributed by atoms with Gasteiger partial charge in [0.05, 0.1) is 6.54 Å². The molecule has 0 atom stereocenters. The van der Waals surface area contributed by atoms with Gasteiger partial charge in [0.2, 0.25) is 5.91 Å². The molecule has 1 aromatic rings. The Bertz CT molecular complexity index is 549. The second kappa shape index (κ2) is 5.76. The monoisotopic (exact) mass is 290 g/mol. The molecule has 0 unspecified atom stereocenters. The van der Waals surface area contributed by atoms with Crippen molar-refractivity contribution in [2.45, 2.75) is 39.8 Å². The van der Waals surface area contributed by atoms with Crippen LogP contribution in [0.25, 0.3) is 0 Å². The zero-order chi connectivity index (χ0) is 15.6. The van der Waals surface area contributed by atoms with E-state index in [9.17, 15) is 9.59 Å². The van der Waals surface area contributed by atoms with Crippen LogP contribution in [0.5, 0.6) is 0 Å². The van der Waals surface area contributed by atoms with Gasteiger partial charge in [-0.1, -0.05) is 18.2 Å². The predicted octanol–water partition coefficient (Wildman–Crippen LogP) is 2.79. The van der Waals surface area contributed by atoms with E-state index in [-0.39, 0.29) is 12.5 Å². The average molecular weight is 290 g/mol. The third-order valence-corrected chi connectivity index (χ3v) is 3.24. The fourth-order valence-corrected chi connectivity index (χ4v) is 2.35. The van der Waals surface area contributed by atoms with Crippen molar-refractivity contribution in [3.63, 3.8) is 0 Å². The number of amides is 2. The van der Waals surface area contributed by atoms with Crippen LogP contribution in [-0.4, -0.2) is 35.6 Å². The summed E-state index contributed by atoms with van der Waals surface area (Å²) in [5.41, 5.74) is 1.25. The number of anilines is 1. The first-order valence-corrected chi connectivity index (χ1v) is 7.18. The summed E-state index contributed by atoms with van der Waals surface area (Å²) in [6.07, 6.45) is -0.455. The maximum absolute atomic E-state index is 12.4. The number of carbonyl (C=O) groups excluding carboxylic acids is 2. The average Bonchev–Trinajstić information content (AvgIpc) is 2.52. The molecule has 0 saturated carbocycles. The van der Waals surface area contributed by atoms with Crippen molar-refractivity contribution in [1.82, 2.24) is 4.90 Å². The molecule has 0 radical (unpaired) electrons. The second-order valence-electron chi connectivity index (χ2n) is 6.10. The number of nitrogens with zero attached hydrogens (tertiary/aromatic N) is 2. The lowest BCUT2D eigenvalue weighted by atomic mass is 10.1. The molecule has 1 aliphatic rings. The summed E-state index contributed by atoms with van der Waals surface area (Å²) in [6, 6.07) is 7.66. The van der Waals surface area contributed by atoms with E-state index in [0.29, 0.717) is 13.1 Å². The van der Waals surface area contributed by atoms with E-state index in [1.807, 2.05) is 52.0 Å². The Balaban J connectivity index is 2.30. The number of carbonyl (C=O) groups is 2. The van der Waals surface area contributed by atoms with Gasteiger partial charge in [-0.15, -0.1) is 0 Å². The molecule has 0 saturated heterocycles. The fourth-order valence-electron chi connectivity index (χ4n) is 2.35. The third-order valence-electron chi connectivity index (χ3n) is 3.24. The molecule has 1 aromatic carbocycles. The van der Waals surface area contributed by atoms with Gasteiger partial charge in [0, 0.05) is 12.2 Å². The van der Waals surface area contributed by atoms with Gasteiger partial charge in [0.15, 0.2) is 0 Å². The standard InChI is InChI=1S/C16H22N2O3/c1-5-18-13-9-7-6-8-12(13)10-17(11-14(18)19)15(20)21-16(2,3)4/h6-9H,5,10-11H2,1-4H3. The van der Waals surface area contributed by atoms with E-state index >= 15 is 0 Å². The zero-order valence-electron chi connectivity index (χ0n) is 13.0. The molecular weight excluding hydrogens is 268 g/mol. The highest BCUT2D eigenvalue weighted by Crippen LogP contribution is 2.26. The molecule has 5 nitrogen and oxygen atoms in total. The normalized spacial score (nSPS) is 15.5. The number of fused-ring (bicyclic) bond motifs is 1. The highest BCUT2D eigenvalue weighted by molar-refractivity contribution is 5.97. The summed E-state index contributed by atoms with van der Waals surface area (Å²) >= 11 is 0. The summed E-state index contributed by atoms with van der Waals surface area (Å²) < 4.78 is 5.38. The molecule has 2 amide bonds. The van der Waals surface area contributed by atoms with Crippen LogP contribution in [0.2, 0.25) is 0 Å². The summed E-state index contributed by atoms with van der Waals surface area (Å²) in [4.78, 5) is 27.8. The first-order valence-electron chi connectivity index (χ1n) is 7.18. The number of ether oxygens (including phenoxy) is 1. The summed E-state index contributed by atoms with van der Waals surface area (Å²) in [5, 5.41) is 0. The minimum absolute atomic E-state index is 0.0391. The second-order valence-corrected chi connectivity index (χ2v) is 6.10. The van der Waals surface area contributed by atoms with Crippen molar-refractivity contribution >= 4 is 17.7 Å². The minimum Gasteiger partial charge on any atom is -0.444 e. The van der Waals surface area contributed by atoms with Crippen LogP contribution in [0.15, 0.2) is 24.3 Å². The van der Waals surface area contributed by atoms with Crippen LogP contribution in [0.1, 0.15) is 33.3 Å². The molecule has 0 N–H and O–H groups in total. The van der Waals surface area contributed by atoms with Crippen molar-refractivity contribution in [2.24, 2.45) is 0 Å². The Morgan fingerprint density at radius 3 is 2.52 bits per heavy atom. The van der Waals surface area contributed by atoms with Gasteiger partial charge in [-0.2, -0.15) is 0 Å². The molecule has 0 aromatic heterocycles. The van der Waals surface area contributed by atoms with Crippen molar-refractivity contribution in [1.29, 1.82) is 0 Å². The van der Waals surface area contributed by atoms with E-state index in [2.05, 4.69) is 0 Å². The van der Waals surface area contributed by atoms with Gasteiger partial charge in [-0.3, -0.25) is 9.69 Å². The molecular formula is C16H22N2O3. The molecule has 0 bridgehead atoms. The first kappa shape index (κ1) is 15.4. The van der Waals surface area contributed by atoms with E-state index in [1.165, 1.54) is 4.90 Å². The number of hydrogen-bond donors (Lipinski definition) is 0. The van der Waals surface area contributed by atoms with Crippen molar-refractivity contribution in [2.75, 3.05) is 18.0 Å².